The lowest BCUT2D eigenvalue weighted by Gasteiger charge is -2.38. The first kappa shape index (κ1) is 15.8. The van der Waals surface area contributed by atoms with Gasteiger partial charge in [-0.2, -0.15) is 11.8 Å². The zero-order valence-electron chi connectivity index (χ0n) is 11.9. The molecule has 5 heteroatoms. The molecule has 1 rings (SSSR count). The van der Waals surface area contributed by atoms with Crippen molar-refractivity contribution in [3.8, 4) is 0 Å². The first-order chi connectivity index (χ1) is 8.28. The van der Waals surface area contributed by atoms with Crippen LogP contribution in [0.2, 0.25) is 0 Å². The van der Waals surface area contributed by atoms with Crippen molar-refractivity contribution in [2.24, 2.45) is 5.41 Å². The predicted octanol–water partition coefficient (Wildman–Crippen LogP) is 0.995. The smallest absolute Gasteiger partial charge is 0.237 e. The Morgan fingerprint density at radius 1 is 1.61 bits per heavy atom. The predicted molar refractivity (Wildman–Crippen MR) is 76.8 cm³/mol. The molecule has 0 aromatic rings. The van der Waals surface area contributed by atoms with Gasteiger partial charge in [-0.15, -0.1) is 0 Å². The number of carbonyl (C=O) groups excluding carboxylic acids is 1. The fraction of sp³-hybridized carbons (Fsp3) is 0.923. The van der Waals surface area contributed by atoms with Gasteiger partial charge >= 0.3 is 0 Å². The number of thioether (sulfide) groups is 1. The molecule has 1 amide bonds. The van der Waals surface area contributed by atoms with E-state index in [9.17, 15) is 9.90 Å². The van der Waals surface area contributed by atoms with Gasteiger partial charge in [0.2, 0.25) is 5.91 Å². The van der Waals surface area contributed by atoms with E-state index in [2.05, 4.69) is 24.5 Å². The molecule has 1 saturated heterocycles. The van der Waals surface area contributed by atoms with Crippen LogP contribution in [0.3, 0.4) is 0 Å². The fourth-order valence-corrected chi connectivity index (χ4v) is 3.12. The monoisotopic (exact) mass is 274 g/mol. The topological polar surface area (TPSA) is 61.4 Å². The molecule has 0 spiro atoms. The number of hydrogen-bond acceptors (Lipinski definition) is 4. The van der Waals surface area contributed by atoms with Crippen LogP contribution in [0.25, 0.3) is 0 Å². The van der Waals surface area contributed by atoms with Gasteiger partial charge in [0.25, 0.3) is 0 Å². The van der Waals surface area contributed by atoms with Gasteiger partial charge in [0.15, 0.2) is 0 Å². The Kier molecular flexibility index (Phi) is 5.49. The molecule has 18 heavy (non-hydrogen) atoms. The van der Waals surface area contributed by atoms with Crippen LogP contribution in [0, 0.1) is 5.41 Å². The molecule has 0 radical (unpaired) electrons. The molecule has 0 bridgehead atoms. The Morgan fingerprint density at radius 3 is 2.83 bits per heavy atom. The lowest BCUT2D eigenvalue weighted by molar-refractivity contribution is -0.127. The third-order valence-corrected chi connectivity index (χ3v) is 4.40. The highest BCUT2D eigenvalue weighted by molar-refractivity contribution is 7.98. The van der Waals surface area contributed by atoms with E-state index in [1.54, 1.807) is 18.7 Å². The third-order valence-electron chi connectivity index (χ3n) is 3.49. The number of hydrogen-bond donors (Lipinski definition) is 3. The van der Waals surface area contributed by atoms with Crippen LogP contribution in [0.15, 0.2) is 0 Å². The number of rotatable bonds is 5. The normalized spacial score (nSPS) is 26.4. The number of amides is 1. The molecule has 106 valence electrons. The molecule has 1 aliphatic heterocycles. The van der Waals surface area contributed by atoms with E-state index in [0.29, 0.717) is 12.3 Å². The minimum atomic E-state index is -0.839. The molecule has 1 aliphatic rings. The molecular weight excluding hydrogens is 248 g/mol. The molecule has 2 unspecified atom stereocenters. The summed E-state index contributed by atoms with van der Waals surface area (Å²) >= 11 is 1.58. The van der Waals surface area contributed by atoms with Crippen molar-refractivity contribution in [3.05, 3.63) is 0 Å². The van der Waals surface area contributed by atoms with Crippen molar-refractivity contribution in [2.75, 3.05) is 25.1 Å². The van der Waals surface area contributed by atoms with Crippen LogP contribution < -0.4 is 10.6 Å². The third kappa shape index (κ3) is 4.44. The summed E-state index contributed by atoms with van der Waals surface area (Å²) in [6.45, 7) is 7.18. The summed E-state index contributed by atoms with van der Waals surface area (Å²) < 4.78 is 0. The Morgan fingerprint density at radius 2 is 2.28 bits per heavy atom. The van der Waals surface area contributed by atoms with E-state index < -0.39 is 5.60 Å². The average Bonchev–Trinajstić information content (AvgIpc) is 2.25. The average molecular weight is 274 g/mol. The van der Waals surface area contributed by atoms with Crippen molar-refractivity contribution < 1.29 is 9.90 Å². The number of nitrogens with one attached hydrogen (secondary N) is 2. The van der Waals surface area contributed by atoms with Crippen molar-refractivity contribution in [1.29, 1.82) is 0 Å². The Balaban J connectivity index is 2.50. The molecule has 2 atom stereocenters. The SMILES string of the molecule is CSCC(C)(O)CNC(=O)C1NCCCC1(C)C. The molecular formula is C13H26N2O2S. The molecule has 0 aromatic carbocycles. The Bertz CT molecular complexity index is 293. The van der Waals surface area contributed by atoms with Crippen molar-refractivity contribution in [3.63, 3.8) is 0 Å². The van der Waals surface area contributed by atoms with Crippen LogP contribution in [-0.2, 0) is 4.79 Å². The zero-order valence-corrected chi connectivity index (χ0v) is 12.7. The Hall–Kier alpha value is -0.260. The minimum absolute atomic E-state index is 0.000998. The van der Waals surface area contributed by atoms with Crippen molar-refractivity contribution >= 4 is 17.7 Å². The van der Waals surface area contributed by atoms with Gasteiger partial charge in [0, 0.05) is 12.3 Å². The molecule has 1 fully saturated rings. The summed E-state index contributed by atoms with van der Waals surface area (Å²) in [5.74, 6) is 0.621. The second-order valence-electron chi connectivity index (χ2n) is 6.13. The van der Waals surface area contributed by atoms with E-state index in [0.717, 1.165) is 19.4 Å². The summed E-state index contributed by atoms with van der Waals surface area (Å²) in [5.41, 5.74) is -0.860. The molecule has 1 heterocycles. The largest absolute Gasteiger partial charge is 0.387 e. The van der Waals surface area contributed by atoms with E-state index in [1.807, 2.05) is 6.26 Å². The highest BCUT2D eigenvalue weighted by Crippen LogP contribution is 2.30. The van der Waals surface area contributed by atoms with Crippen LogP contribution in [0.5, 0.6) is 0 Å². The van der Waals surface area contributed by atoms with Gasteiger partial charge in [-0.1, -0.05) is 13.8 Å². The van der Waals surface area contributed by atoms with Gasteiger partial charge in [-0.25, -0.2) is 0 Å². The lowest BCUT2D eigenvalue weighted by Crippen LogP contribution is -2.57. The Labute approximate surface area is 114 Å². The molecule has 3 N–H and O–H groups in total. The quantitative estimate of drug-likeness (QED) is 0.700. The highest BCUT2D eigenvalue weighted by atomic mass is 32.2. The van der Waals surface area contributed by atoms with Gasteiger partial charge < -0.3 is 15.7 Å². The van der Waals surface area contributed by atoms with Crippen LogP contribution in [-0.4, -0.2) is 47.8 Å². The fourth-order valence-electron chi connectivity index (χ4n) is 2.40. The number of aliphatic hydroxyl groups is 1. The molecule has 4 nitrogen and oxygen atoms in total. The first-order valence-corrected chi connectivity index (χ1v) is 7.90. The number of carbonyl (C=O) groups is 1. The number of piperidine rings is 1. The first-order valence-electron chi connectivity index (χ1n) is 6.51. The van der Waals surface area contributed by atoms with E-state index >= 15 is 0 Å². The summed E-state index contributed by atoms with van der Waals surface area (Å²) in [6.07, 6.45) is 4.11. The van der Waals surface area contributed by atoms with E-state index in [1.165, 1.54) is 0 Å². The second kappa shape index (κ2) is 6.26. The maximum absolute atomic E-state index is 12.2. The summed E-state index contributed by atoms with van der Waals surface area (Å²) in [4.78, 5) is 12.2. The maximum atomic E-state index is 12.2. The summed E-state index contributed by atoms with van der Waals surface area (Å²) in [7, 11) is 0. The molecule has 0 aromatic heterocycles. The van der Waals surface area contributed by atoms with Crippen LogP contribution >= 0.6 is 11.8 Å². The maximum Gasteiger partial charge on any atom is 0.237 e. The standard InChI is InChI=1S/C13H26N2O2S/c1-12(2)6-5-7-14-10(12)11(16)15-8-13(3,17)9-18-4/h10,14,17H,5-9H2,1-4H3,(H,15,16). The second-order valence-corrected chi connectivity index (χ2v) is 6.99. The zero-order chi connectivity index (χ0) is 13.8. The molecule has 0 aliphatic carbocycles. The van der Waals surface area contributed by atoms with Crippen molar-refractivity contribution in [1.82, 2.24) is 10.6 Å². The van der Waals surface area contributed by atoms with Gasteiger partial charge in [0.05, 0.1) is 11.6 Å². The highest BCUT2D eigenvalue weighted by Gasteiger charge is 2.37. The van der Waals surface area contributed by atoms with Crippen molar-refractivity contribution in [2.45, 2.75) is 45.3 Å². The summed E-state index contributed by atoms with van der Waals surface area (Å²) in [6, 6.07) is -0.156. The van der Waals surface area contributed by atoms with Crippen LogP contribution in [0.4, 0.5) is 0 Å². The van der Waals surface area contributed by atoms with Gasteiger partial charge in [0.1, 0.15) is 0 Å². The lowest BCUT2D eigenvalue weighted by atomic mass is 9.77. The van der Waals surface area contributed by atoms with Gasteiger partial charge in [-0.05, 0) is 38.0 Å². The molecule has 0 saturated carbocycles. The van der Waals surface area contributed by atoms with E-state index in [-0.39, 0.29) is 17.4 Å². The van der Waals surface area contributed by atoms with E-state index in [4.69, 9.17) is 0 Å². The van der Waals surface area contributed by atoms with Crippen LogP contribution in [0.1, 0.15) is 33.6 Å². The minimum Gasteiger partial charge on any atom is -0.387 e. The van der Waals surface area contributed by atoms with Gasteiger partial charge in [-0.3, -0.25) is 4.79 Å². The summed E-state index contributed by atoms with van der Waals surface area (Å²) in [5, 5.41) is 16.2.